The highest BCUT2D eigenvalue weighted by Gasteiger charge is 2.34. The maximum absolute atomic E-state index is 11.8. The zero-order valence-corrected chi connectivity index (χ0v) is 9.99. The molecule has 0 bridgehead atoms. The number of hydrogen-bond donors (Lipinski definition) is 3. The van der Waals surface area contributed by atoms with Gasteiger partial charge in [-0.1, -0.05) is 0 Å². The summed E-state index contributed by atoms with van der Waals surface area (Å²) < 4.78 is 0. The highest BCUT2D eigenvalue weighted by atomic mass is 16.3. The zero-order valence-electron chi connectivity index (χ0n) is 9.99. The maximum atomic E-state index is 11.8. The number of nitrogens with one attached hydrogen (secondary N) is 1. The number of aryl methyl sites for hydroxylation is 1. The van der Waals surface area contributed by atoms with E-state index < -0.39 is 0 Å². The third kappa shape index (κ3) is 2.77. The van der Waals surface area contributed by atoms with E-state index in [1.807, 2.05) is 0 Å². The molecule has 1 aliphatic rings. The number of carbonyl (C=O) groups is 1. The van der Waals surface area contributed by atoms with Crippen LogP contribution in [0.1, 0.15) is 31.2 Å². The molecule has 1 amide bonds. The van der Waals surface area contributed by atoms with Gasteiger partial charge in [0, 0.05) is 17.6 Å². The van der Waals surface area contributed by atoms with Crippen molar-refractivity contribution in [2.45, 2.75) is 38.1 Å². The molecule has 1 aliphatic carbocycles. The first kappa shape index (κ1) is 11.9. The molecule has 0 heterocycles. The number of carbonyl (C=O) groups excluding carboxylic acids is 1. The quantitative estimate of drug-likeness (QED) is 0.699. The zero-order chi connectivity index (χ0) is 12.5. The van der Waals surface area contributed by atoms with Crippen LogP contribution in [0.5, 0.6) is 5.75 Å². The smallest absolute Gasteiger partial charge is 0.226 e. The summed E-state index contributed by atoms with van der Waals surface area (Å²) >= 11 is 0. The Kier molecular flexibility index (Phi) is 3.07. The fourth-order valence-electron chi connectivity index (χ4n) is 2.07. The largest absolute Gasteiger partial charge is 0.508 e. The fourth-order valence-corrected chi connectivity index (χ4v) is 2.07. The Bertz CT molecular complexity index is 439. The van der Waals surface area contributed by atoms with E-state index >= 15 is 0 Å². The molecule has 17 heavy (non-hydrogen) atoms. The van der Waals surface area contributed by atoms with Gasteiger partial charge < -0.3 is 16.2 Å². The lowest BCUT2D eigenvalue weighted by molar-refractivity contribution is -0.118. The molecule has 0 unspecified atom stereocenters. The average molecular weight is 234 g/mol. The molecule has 0 atom stereocenters. The first-order chi connectivity index (χ1) is 7.98. The predicted octanol–water partition coefficient (Wildman–Crippen LogP) is 1.91. The van der Waals surface area contributed by atoms with Crippen LogP contribution in [0, 0.1) is 6.92 Å². The van der Waals surface area contributed by atoms with Gasteiger partial charge in [-0.3, -0.25) is 4.79 Å². The van der Waals surface area contributed by atoms with Gasteiger partial charge in [0.2, 0.25) is 5.91 Å². The molecule has 4 nitrogen and oxygen atoms in total. The van der Waals surface area contributed by atoms with Gasteiger partial charge in [0.25, 0.3) is 0 Å². The summed E-state index contributed by atoms with van der Waals surface area (Å²) in [5.74, 6) is 0.176. The van der Waals surface area contributed by atoms with E-state index in [2.05, 4.69) is 5.32 Å². The molecular formula is C13H18N2O2. The monoisotopic (exact) mass is 234 g/mol. The molecule has 0 saturated heterocycles. The highest BCUT2D eigenvalue weighted by Crippen LogP contribution is 2.32. The van der Waals surface area contributed by atoms with E-state index in [0.717, 1.165) is 24.8 Å². The van der Waals surface area contributed by atoms with Crippen LogP contribution in [0.15, 0.2) is 18.2 Å². The van der Waals surface area contributed by atoms with Crippen LogP contribution in [-0.2, 0) is 4.79 Å². The van der Waals surface area contributed by atoms with Crippen molar-refractivity contribution in [3.05, 3.63) is 23.8 Å². The van der Waals surface area contributed by atoms with Crippen molar-refractivity contribution in [3.63, 3.8) is 0 Å². The Hall–Kier alpha value is -1.55. The van der Waals surface area contributed by atoms with Crippen molar-refractivity contribution in [2.24, 2.45) is 5.73 Å². The average Bonchev–Trinajstić information content (AvgIpc) is 2.21. The van der Waals surface area contributed by atoms with Crippen LogP contribution in [0.3, 0.4) is 0 Å². The van der Waals surface area contributed by atoms with E-state index in [-0.39, 0.29) is 17.2 Å². The molecular weight excluding hydrogens is 216 g/mol. The van der Waals surface area contributed by atoms with Crippen molar-refractivity contribution in [2.75, 3.05) is 5.32 Å². The number of rotatable bonds is 3. The van der Waals surface area contributed by atoms with Crippen LogP contribution in [-0.4, -0.2) is 16.6 Å². The molecule has 1 aromatic carbocycles. The Morgan fingerprint density at radius 2 is 2.24 bits per heavy atom. The predicted molar refractivity (Wildman–Crippen MR) is 66.9 cm³/mol. The number of anilines is 1. The summed E-state index contributed by atoms with van der Waals surface area (Å²) in [4.78, 5) is 11.8. The minimum atomic E-state index is -0.296. The van der Waals surface area contributed by atoms with E-state index in [1.165, 1.54) is 0 Å². The van der Waals surface area contributed by atoms with Crippen molar-refractivity contribution in [3.8, 4) is 5.75 Å². The molecule has 0 radical (unpaired) electrons. The summed E-state index contributed by atoms with van der Waals surface area (Å²) in [5, 5.41) is 12.2. The number of aromatic hydroxyl groups is 1. The Morgan fingerprint density at radius 1 is 1.53 bits per heavy atom. The topological polar surface area (TPSA) is 75.4 Å². The van der Waals surface area contributed by atoms with Gasteiger partial charge in [-0.05, 0) is 49.9 Å². The van der Waals surface area contributed by atoms with Crippen molar-refractivity contribution in [1.29, 1.82) is 0 Å². The molecule has 4 N–H and O–H groups in total. The van der Waals surface area contributed by atoms with Crippen LogP contribution >= 0.6 is 0 Å². The minimum Gasteiger partial charge on any atom is -0.508 e. The Labute approximate surface area is 101 Å². The number of phenolic OH excluding ortho intramolecular Hbond substituents is 1. The summed E-state index contributed by atoms with van der Waals surface area (Å²) in [6, 6.07) is 5.01. The molecule has 0 aliphatic heterocycles. The molecule has 0 spiro atoms. The van der Waals surface area contributed by atoms with E-state index in [0.29, 0.717) is 12.1 Å². The molecule has 1 saturated carbocycles. The third-order valence-corrected chi connectivity index (χ3v) is 3.34. The van der Waals surface area contributed by atoms with Gasteiger partial charge >= 0.3 is 0 Å². The van der Waals surface area contributed by atoms with E-state index in [4.69, 9.17) is 5.73 Å². The van der Waals surface area contributed by atoms with Gasteiger partial charge in [-0.25, -0.2) is 0 Å². The minimum absolute atomic E-state index is 0.0581. The second-order valence-corrected chi connectivity index (χ2v) is 4.94. The summed E-state index contributed by atoms with van der Waals surface area (Å²) in [6.07, 6.45) is 3.33. The molecule has 1 aromatic rings. The lowest BCUT2D eigenvalue weighted by atomic mass is 9.75. The Morgan fingerprint density at radius 3 is 2.76 bits per heavy atom. The summed E-state index contributed by atoms with van der Waals surface area (Å²) in [7, 11) is 0. The number of benzene rings is 1. The molecule has 0 aromatic heterocycles. The van der Waals surface area contributed by atoms with Crippen LogP contribution in [0.4, 0.5) is 5.69 Å². The van der Waals surface area contributed by atoms with Crippen molar-refractivity contribution < 1.29 is 9.90 Å². The molecule has 1 fully saturated rings. The van der Waals surface area contributed by atoms with Crippen molar-refractivity contribution in [1.82, 2.24) is 0 Å². The fraction of sp³-hybridized carbons (Fsp3) is 0.462. The van der Waals surface area contributed by atoms with Gasteiger partial charge in [0.1, 0.15) is 5.75 Å². The molecule has 92 valence electrons. The van der Waals surface area contributed by atoms with Gasteiger partial charge in [-0.15, -0.1) is 0 Å². The lowest BCUT2D eigenvalue weighted by Gasteiger charge is -2.37. The Balaban J connectivity index is 1.95. The van der Waals surface area contributed by atoms with Crippen LogP contribution < -0.4 is 11.1 Å². The van der Waals surface area contributed by atoms with Gasteiger partial charge in [-0.2, -0.15) is 0 Å². The molecule has 2 rings (SSSR count). The molecule has 4 heteroatoms. The first-order valence-electron chi connectivity index (χ1n) is 5.87. The second-order valence-electron chi connectivity index (χ2n) is 4.94. The SMILES string of the molecule is Cc1cc(NC(=O)CC2(N)CCC2)ccc1O. The third-order valence-electron chi connectivity index (χ3n) is 3.34. The standard InChI is InChI=1S/C13H18N2O2/c1-9-7-10(3-4-11(9)16)15-12(17)8-13(14)5-2-6-13/h3-4,7,16H,2,5-6,8,14H2,1H3,(H,15,17). The second kappa shape index (κ2) is 4.37. The van der Waals surface area contributed by atoms with Gasteiger partial charge in [0.15, 0.2) is 0 Å². The summed E-state index contributed by atoms with van der Waals surface area (Å²) in [6.45, 7) is 1.79. The number of amides is 1. The maximum Gasteiger partial charge on any atom is 0.226 e. The lowest BCUT2D eigenvalue weighted by Crippen LogP contribution is -2.48. The van der Waals surface area contributed by atoms with Crippen LogP contribution in [0.25, 0.3) is 0 Å². The number of nitrogens with two attached hydrogens (primary N) is 1. The van der Waals surface area contributed by atoms with E-state index in [9.17, 15) is 9.90 Å². The number of phenols is 1. The van der Waals surface area contributed by atoms with Crippen molar-refractivity contribution >= 4 is 11.6 Å². The first-order valence-corrected chi connectivity index (χ1v) is 5.87. The summed E-state index contributed by atoms with van der Waals surface area (Å²) in [5.41, 5.74) is 7.16. The normalized spacial score (nSPS) is 17.3. The van der Waals surface area contributed by atoms with E-state index in [1.54, 1.807) is 25.1 Å². The number of hydrogen-bond acceptors (Lipinski definition) is 3. The van der Waals surface area contributed by atoms with Crippen LogP contribution in [0.2, 0.25) is 0 Å². The highest BCUT2D eigenvalue weighted by molar-refractivity contribution is 5.91. The van der Waals surface area contributed by atoms with Gasteiger partial charge in [0.05, 0.1) is 0 Å².